The molecule has 0 aliphatic rings. The van der Waals surface area contributed by atoms with Crippen LogP contribution in [-0.2, 0) is 63.1 Å². The Kier molecular flexibility index (Phi) is 20.0. The highest BCUT2D eigenvalue weighted by molar-refractivity contribution is 7.53. The first-order valence-electron chi connectivity index (χ1n) is 13.8. The van der Waals surface area contributed by atoms with Gasteiger partial charge in [-0.05, 0) is 6.92 Å². The highest BCUT2D eigenvalue weighted by Crippen LogP contribution is 2.48. The van der Waals surface area contributed by atoms with E-state index in [9.17, 15) is 33.3 Å². The van der Waals surface area contributed by atoms with Gasteiger partial charge in [0.25, 0.3) is 0 Å². The van der Waals surface area contributed by atoms with Crippen molar-refractivity contribution in [2.24, 2.45) is 11.8 Å². The van der Waals surface area contributed by atoms with Crippen molar-refractivity contribution in [3.63, 3.8) is 0 Å². The van der Waals surface area contributed by atoms with Crippen LogP contribution in [0.25, 0.3) is 11.2 Å². The number of ether oxygens (including phenoxy) is 3. The zero-order chi connectivity index (χ0) is 37.7. The van der Waals surface area contributed by atoms with Crippen molar-refractivity contribution in [1.82, 2.24) is 19.5 Å². The van der Waals surface area contributed by atoms with Crippen LogP contribution in [0.5, 0.6) is 0 Å². The first-order valence-corrected chi connectivity index (χ1v) is 15.5. The molecule has 0 saturated heterocycles. The van der Waals surface area contributed by atoms with Gasteiger partial charge < -0.3 is 44.9 Å². The number of nitrogens with zero attached hydrogens (tertiary/aromatic N) is 4. The molecule has 1 atom stereocenters. The molecule has 2 aromatic heterocycles. The highest BCUT2D eigenvalue weighted by Gasteiger charge is 2.29. The largest absolute Gasteiger partial charge is 0.478 e. The summed E-state index contributed by atoms with van der Waals surface area (Å²) in [5.74, 6) is -6.62. The van der Waals surface area contributed by atoms with E-state index in [4.69, 9.17) is 49.4 Å². The van der Waals surface area contributed by atoms with Crippen LogP contribution < -0.4 is 5.73 Å². The van der Waals surface area contributed by atoms with Crippen LogP contribution in [0.1, 0.15) is 34.6 Å². The number of rotatable bonds is 17. The van der Waals surface area contributed by atoms with Crippen molar-refractivity contribution < 1.29 is 77.0 Å². The Morgan fingerprint density at radius 2 is 1.20 bits per heavy atom. The smallest absolute Gasteiger partial charge is 0.361 e. The molecule has 0 saturated carbocycles. The molecule has 0 amide bonds. The number of esters is 2. The summed E-state index contributed by atoms with van der Waals surface area (Å²) in [7, 11) is -3.94. The van der Waals surface area contributed by atoms with Crippen molar-refractivity contribution in [3.8, 4) is 0 Å². The molecule has 0 bridgehead atoms. The molecule has 2 rings (SSSR count). The van der Waals surface area contributed by atoms with Crippen molar-refractivity contribution in [3.05, 3.63) is 37.0 Å². The number of anilines is 1. The number of carboxylic acids is 4. The minimum absolute atomic E-state index is 0.255. The molecule has 272 valence electrons. The number of aromatic nitrogens is 4. The molecular formula is C27H38N5O16P. The minimum Gasteiger partial charge on any atom is -0.478 e. The third-order valence-electron chi connectivity index (χ3n) is 4.98. The lowest BCUT2D eigenvalue weighted by Gasteiger charge is -2.21. The number of aliphatic carboxylic acids is 4. The van der Waals surface area contributed by atoms with Crippen molar-refractivity contribution in [2.75, 3.05) is 25.7 Å². The maximum Gasteiger partial charge on any atom is 0.361 e. The molecule has 21 nitrogen and oxygen atoms in total. The van der Waals surface area contributed by atoms with E-state index in [2.05, 4.69) is 15.0 Å². The number of nitrogen functional groups attached to an aromatic ring is 1. The van der Waals surface area contributed by atoms with Crippen LogP contribution >= 0.6 is 7.60 Å². The molecule has 0 aliphatic carbocycles. The molecule has 0 aliphatic heterocycles. The van der Waals surface area contributed by atoms with Crippen molar-refractivity contribution in [2.45, 2.75) is 47.3 Å². The first-order chi connectivity index (χ1) is 22.8. The third kappa shape index (κ3) is 19.9. The number of hydrogen-bond donors (Lipinski definition) is 5. The summed E-state index contributed by atoms with van der Waals surface area (Å²) in [6.45, 7) is 7.41. The van der Waals surface area contributed by atoms with Crippen LogP contribution in [0.2, 0.25) is 0 Å². The zero-order valence-corrected chi connectivity index (χ0v) is 27.9. The Morgan fingerprint density at radius 1 is 0.776 bits per heavy atom. The van der Waals surface area contributed by atoms with Crippen molar-refractivity contribution >= 4 is 60.4 Å². The fourth-order valence-corrected chi connectivity index (χ4v) is 3.73. The van der Waals surface area contributed by atoms with Gasteiger partial charge in [-0.15, -0.1) is 0 Å². The van der Waals surface area contributed by atoms with Gasteiger partial charge in [-0.3, -0.25) is 23.2 Å². The van der Waals surface area contributed by atoms with Gasteiger partial charge in [0.15, 0.2) is 11.5 Å². The minimum atomic E-state index is -3.94. The lowest BCUT2D eigenvalue weighted by molar-refractivity contribution is -0.156. The summed E-state index contributed by atoms with van der Waals surface area (Å²) in [5.41, 5.74) is 6.77. The number of hydrogen-bond acceptors (Lipinski definition) is 16. The molecule has 0 aromatic carbocycles. The SMILES string of the molecule is CC(C)C(=O)OCOP(=O)(CO[C@H](C)Cn1cnc2c(N)ncnc21)OCOC(=O)C(C)C.O=C(O)/C=C/C(=O)O.O=C(O)/C=C/C(=O)O. The normalized spacial score (nSPS) is 11.8. The van der Waals surface area contributed by atoms with E-state index in [1.54, 1.807) is 45.5 Å². The fraction of sp³-hybridized carbons (Fsp3) is 0.444. The number of carbonyl (C=O) groups excluding carboxylic acids is 2. The van der Waals surface area contributed by atoms with E-state index >= 15 is 0 Å². The summed E-state index contributed by atoms with van der Waals surface area (Å²) in [6.07, 6.45) is 4.15. The van der Waals surface area contributed by atoms with E-state index in [0.717, 1.165) is 0 Å². The topological polar surface area (TPSA) is 316 Å². The number of fused-ring (bicyclic) bond motifs is 1. The maximum absolute atomic E-state index is 13.1. The Bertz CT molecular complexity index is 1440. The second-order valence-electron chi connectivity index (χ2n) is 9.80. The van der Waals surface area contributed by atoms with Gasteiger partial charge >= 0.3 is 43.4 Å². The Hall–Kier alpha value is -5.24. The highest BCUT2D eigenvalue weighted by atomic mass is 31.2. The summed E-state index contributed by atoms with van der Waals surface area (Å²) >= 11 is 0. The van der Waals surface area contributed by atoms with E-state index in [-0.39, 0.29) is 17.7 Å². The second kappa shape index (κ2) is 22.4. The van der Waals surface area contributed by atoms with Gasteiger partial charge in [-0.2, -0.15) is 0 Å². The third-order valence-corrected chi connectivity index (χ3v) is 6.44. The summed E-state index contributed by atoms with van der Waals surface area (Å²) in [5, 5.41) is 31.2. The maximum atomic E-state index is 13.1. The van der Waals surface area contributed by atoms with E-state index in [0.29, 0.717) is 42.0 Å². The first kappa shape index (κ1) is 43.8. The van der Waals surface area contributed by atoms with Crippen LogP contribution in [0.3, 0.4) is 0 Å². The number of carboxylic acid groups (broad SMARTS) is 4. The van der Waals surface area contributed by atoms with E-state index in [1.165, 1.54) is 6.33 Å². The molecular weight excluding hydrogens is 681 g/mol. The molecule has 0 fully saturated rings. The lowest BCUT2D eigenvalue weighted by Crippen LogP contribution is -2.20. The standard InChI is InChI=1S/C19H30N5O8P.2C4H4O4/c1-12(2)18(25)28-9-31-33(27,32-10-29-19(26)13(3)4)11-30-14(5)6-24-8-23-15-16(20)21-7-22-17(15)24;2*5-3(6)1-2-4(7)8/h7-8,12-14H,6,9-11H2,1-5H3,(H2,20,21,22);2*1-2H,(H,5,6)(H,7,8)/b;2*2-1+/t14-;;/m1../s1. The zero-order valence-electron chi connectivity index (χ0n) is 27.0. The second-order valence-corrected chi connectivity index (χ2v) is 11.8. The number of nitrogens with two attached hydrogens (primary N) is 1. The van der Waals surface area contributed by atoms with Crippen LogP contribution in [-0.4, -0.2) is 102 Å². The monoisotopic (exact) mass is 719 g/mol. The number of imidazole rings is 1. The average Bonchev–Trinajstić information content (AvgIpc) is 3.42. The van der Waals surface area contributed by atoms with Crippen LogP contribution in [0.15, 0.2) is 37.0 Å². The predicted molar refractivity (Wildman–Crippen MR) is 165 cm³/mol. The molecule has 2 aromatic rings. The summed E-state index contributed by atoms with van der Waals surface area (Å²) < 4.78 is 40.6. The van der Waals surface area contributed by atoms with Gasteiger partial charge in [-0.1, -0.05) is 27.7 Å². The van der Waals surface area contributed by atoms with Gasteiger partial charge in [0.1, 0.15) is 18.2 Å². The van der Waals surface area contributed by atoms with Crippen molar-refractivity contribution in [1.29, 1.82) is 0 Å². The molecule has 6 N–H and O–H groups in total. The molecule has 49 heavy (non-hydrogen) atoms. The van der Waals surface area contributed by atoms with E-state index in [1.807, 2.05) is 0 Å². The fourth-order valence-electron chi connectivity index (χ4n) is 2.64. The summed E-state index contributed by atoms with van der Waals surface area (Å²) in [4.78, 5) is 73.7. The Labute approximate surface area is 278 Å². The van der Waals surface area contributed by atoms with Gasteiger partial charge in [0.2, 0.25) is 13.6 Å². The van der Waals surface area contributed by atoms with E-state index < -0.39 is 69.4 Å². The Morgan fingerprint density at radius 3 is 1.59 bits per heavy atom. The Balaban J connectivity index is 0.00000118. The molecule has 2 heterocycles. The molecule has 22 heteroatoms. The van der Waals surface area contributed by atoms with Crippen LogP contribution in [0, 0.1) is 11.8 Å². The predicted octanol–water partition coefficient (Wildman–Crippen LogP) is 1.73. The summed E-state index contributed by atoms with van der Waals surface area (Å²) in [6, 6.07) is 0. The van der Waals surface area contributed by atoms with Crippen LogP contribution in [0.4, 0.5) is 5.82 Å². The van der Waals surface area contributed by atoms with Gasteiger partial charge in [0.05, 0.1) is 30.8 Å². The van der Waals surface area contributed by atoms with Gasteiger partial charge in [-0.25, -0.2) is 34.1 Å². The average molecular weight is 720 g/mol. The molecule has 0 radical (unpaired) electrons. The quantitative estimate of drug-likeness (QED) is 0.0672. The van der Waals surface area contributed by atoms with Gasteiger partial charge in [0, 0.05) is 24.3 Å². The number of carbonyl (C=O) groups is 6. The lowest BCUT2D eigenvalue weighted by atomic mass is 10.2. The molecule has 0 unspecified atom stereocenters. The molecule has 0 spiro atoms.